The van der Waals surface area contributed by atoms with Crippen molar-refractivity contribution in [3.63, 3.8) is 0 Å². The van der Waals surface area contributed by atoms with Crippen molar-refractivity contribution in [2.45, 2.75) is 83.2 Å². The minimum absolute atomic E-state index is 0.570. The maximum absolute atomic E-state index is 13.7. The Morgan fingerprint density at radius 3 is 1.41 bits per heavy atom. The summed E-state index contributed by atoms with van der Waals surface area (Å²) in [6, 6.07) is -0.649. The van der Waals surface area contributed by atoms with Crippen LogP contribution in [-0.2, 0) is 17.8 Å². The molecule has 0 N–H and O–H groups in total. The molecule has 0 unspecified atom stereocenters. The SMILES string of the molecule is C=C(C)C(=O)OC(CC[Si](C)(O[Si](C)(C)C)O[Si](C)(C)C)(C(F)(F)F)C(F)(F)F. The maximum atomic E-state index is 13.7. The van der Waals surface area contributed by atoms with Crippen LogP contribution in [0.2, 0.25) is 51.9 Å². The van der Waals surface area contributed by atoms with Gasteiger partial charge in [-0.15, -0.1) is 0 Å². The lowest BCUT2D eigenvalue weighted by molar-refractivity contribution is -0.369. The summed E-state index contributed by atoms with van der Waals surface area (Å²) < 4.78 is 98.0. The van der Waals surface area contributed by atoms with Crippen molar-refractivity contribution in [3.05, 3.63) is 12.2 Å². The summed E-state index contributed by atoms with van der Waals surface area (Å²) in [4.78, 5) is 11.7. The Bertz CT molecular complexity index is 576. The molecule has 0 heterocycles. The van der Waals surface area contributed by atoms with Crippen molar-refractivity contribution in [1.29, 1.82) is 0 Å². The molecule has 0 aromatic carbocycles. The third-order valence-corrected chi connectivity index (χ3v) is 13.0. The van der Waals surface area contributed by atoms with E-state index in [1.54, 1.807) is 39.3 Å². The van der Waals surface area contributed by atoms with Crippen molar-refractivity contribution in [1.82, 2.24) is 0 Å². The number of rotatable bonds is 9. The molecule has 0 aromatic heterocycles. The fourth-order valence-corrected chi connectivity index (χ4v) is 15.2. The van der Waals surface area contributed by atoms with E-state index in [-0.39, 0.29) is 0 Å². The van der Waals surface area contributed by atoms with Gasteiger partial charge in [-0.25, -0.2) is 4.79 Å². The average molecular weight is 485 g/mol. The number of carbonyl (C=O) groups excluding carboxylic acids is 1. The van der Waals surface area contributed by atoms with Crippen LogP contribution in [0.4, 0.5) is 26.3 Å². The van der Waals surface area contributed by atoms with Crippen molar-refractivity contribution in [2.24, 2.45) is 0 Å². The zero-order chi connectivity index (χ0) is 23.7. The number of hydrogen-bond acceptors (Lipinski definition) is 4. The molecular weight excluding hydrogens is 454 g/mol. The molecule has 0 aromatic rings. The molecule has 0 aliphatic rings. The van der Waals surface area contributed by atoms with Crippen LogP contribution in [0.25, 0.3) is 0 Å². The summed E-state index contributed by atoms with van der Waals surface area (Å²) in [5.74, 6) is -1.76. The quantitative estimate of drug-likeness (QED) is 0.171. The normalized spacial score (nSPS) is 14.7. The largest absolute Gasteiger partial charge is 0.437 e. The van der Waals surface area contributed by atoms with Crippen LogP contribution in [0.15, 0.2) is 12.2 Å². The van der Waals surface area contributed by atoms with Gasteiger partial charge in [0.2, 0.25) is 0 Å². The third-order valence-electron chi connectivity index (χ3n) is 3.51. The van der Waals surface area contributed by atoms with E-state index in [1.807, 2.05) is 0 Å². The van der Waals surface area contributed by atoms with E-state index < -0.39 is 67.2 Å². The molecule has 13 heteroatoms. The molecule has 0 spiro atoms. The monoisotopic (exact) mass is 484 g/mol. The Labute approximate surface area is 171 Å². The van der Waals surface area contributed by atoms with Crippen LogP contribution in [0.5, 0.6) is 0 Å². The highest BCUT2D eigenvalue weighted by Crippen LogP contribution is 2.50. The summed E-state index contributed by atoms with van der Waals surface area (Å²) in [5.41, 5.74) is -5.24. The molecule has 0 aliphatic heterocycles. The summed E-state index contributed by atoms with van der Waals surface area (Å²) >= 11 is 0. The smallest absolute Gasteiger partial charge is 0.437 e. The summed E-state index contributed by atoms with van der Waals surface area (Å²) in [5, 5.41) is 0. The van der Waals surface area contributed by atoms with Gasteiger partial charge < -0.3 is 13.0 Å². The minimum Gasteiger partial charge on any atom is -0.437 e. The Morgan fingerprint density at radius 2 is 1.17 bits per heavy atom. The highest BCUT2D eigenvalue weighted by Gasteiger charge is 2.74. The van der Waals surface area contributed by atoms with Gasteiger partial charge in [0.05, 0.1) is 0 Å². The molecule has 4 nitrogen and oxygen atoms in total. The first-order valence-electron chi connectivity index (χ1n) is 8.87. The van der Waals surface area contributed by atoms with Crippen LogP contribution in [0.1, 0.15) is 13.3 Å². The second-order valence-electron chi connectivity index (χ2n) is 9.06. The molecule has 0 atom stereocenters. The minimum atomic E-state index is -5.88. The van der Waals surface area contributed by atoms with E-state index in [1.165, 1.54) is 6.55 Å². The van der Waals surface area contributed by atoms with E-state index in [9.17, 15) is 31.1 Å². The van der Waals surface area contributed by atoms with Crippen molar-refractivity contribution in [2.75, 3.05) is 0 Å². The van der Waals surface area contributed by atoms with Gasteiger partial charge in [0.1, 0.15) is 0 Å². The molecule has 0 aliphatic carbocycles. The molecule has 0 bridgehead atoms. The van der Waals surface area contributed by atoms with Gasteiger partial charge in [0.25, 0.3) is 0 Å². The van der Waals surface area contributed by atoms with Crippen LogP contribution in [-0.4, -0.2) is 49.1 Å². The Morgan fingerprint density at radius 1 is 0.828 bits per heavy atom. The highest BCUT2D eigenvalue weighted by molar-refractivity contribution is 6.87. The van der Waals surface area contributed by atoms with Gasteiger partial charge in [-0.3, -0.25) is 0 Å². The van der Waals surface area contributed by atoms with Gasteiger partial charge >= 0.3 is 32.5 Å². The fraction of sp³-hybridized carbons (Fsp3) is 0.812. The third kappa shape index (κ3) is 8.55. The predicted octanol–water partition coefficient (Wildman–Crippen LogP) is 6.13. The van der Waals surface area contributed by atoms with Gasteiger partial charge in [-0.2, -0.15) is 26.3 Å². The van der Waals surface area contributed by atoms with Crippen molar-refractivity contribution in [3.8, 4) is 0 Å². The summed E-state index contributed by atoms with van der Waals surface area (Å²) in [7, 11) is -8.17. The summed E-state index contributed by atoms with van der Waals surface area (Å²) in [6.45, 7) is 16.1. The number of alkyl halides is 6. The first-order chi connectivity index (χ1) is 12.4. The lowest BCUT2D eigenvalue weighted by Gasteiger charge is -2.42. The Balaban J connectivity index is 6.22. The van der Waals surface area contributed by atoms with Crippen LogP contribution in [0.3, 0.4) is 0 Å². The molecule has 29 heavy (non-hydrogen) atoms. The Kier molecular flexibility index (Phi) is 8.65. The predicted molar refractivity (Wildman–Crippen MR) is 106 cm³/mol. The van der Waals surface area contributed by atoms with Gasteiger partial charge in [-0.05, 0) is 58.8 Å². The number of halogens is 6. The van der Waals surface area contributed by atoms with E-state index in [0.717, 1.165) is 6.92 Å². The maximum Gasteiger partial charge on any atom is 0.437 e. The molecule has 0 fully saturated rings. The highest BCUT2D eigenvalue weighted by atomic mass is 28.5. The molecule has 0 saturated carbocycles. The second-order valence-corrected chi connectivity index (χ2v) is 21.9. The van der Waals surface area contributed by atoms with Crippen LogP contribution in [0, 0.1) is 0 Å². The number of esters is 1. The van der Waals surface area contributed by atoms with Gasteiger partial charge in [0.15, 0.2) is 16.6 Å². The second kappa shape index (κ2) is 8.85. The van der Waals surface area contributed by atoms with E-state index in [0.29, 0.717) is 0 Å². The first kappa shape index (κ1) is 28.4. The van der Waals surface area contributed by atoms with E-state index in [4.69, 9.17) is 8.23 Å². The van der Waals surface area contributed by atoms with Crippen LogP contribution < -0.4 is 0 Å². The van der Waals surface area contributed by atoms with Gasteiger partial charge in [0, 0.05) is 12.0 Å². The van der Waals surface area contributed by atoms with E-state index >= 15 is 0 Å². The van der Waals surface area contributed by atoms with Crippen molar-refractivity contribution < 1.29 is 44.1 Å². The van der Waals surface area contributed by atoms with Gasteiger partial charge in [-0.1, -0.05) is 6.58 Å². The molecule has 172 valence electrons. The van der Waals surface area contributed by atoms with E-state index in [2.05, 4.69) is 11.3 Å². The number of ether oxygens (including phenoxy) is 1. The Hall–Kier alpha value is -0.639. The zero-order valence-corrected chi connectivity index (χ0v) is 21.0. The standard InChI is InChI=1S/C16H30F6O4Si3/c1-12(2)13(23)24-14(15(17,18)19,16(20,21)22)10-11-29(9,25-27(3,4)5)26-28(6,7)8/h1,10-11H2,2-9H3. The lowest BCUT2D eigenvalue weighted by atomic mass is 9.98. The molecular formula is C16H30F6O4Si3. The lowest BCUT2D eigenvalue weighted by Crippen LogP contribution is -2.61. The topological polar surface area (TPSA) is 44.8 Å². The fourth-order valence-electron chi connectivity index (χ4n) is 2.68. The summed E-state index contributed by atoms with van der Waals surface area (Å²) in [6.07, 6.45) is -13.3. The van der Waals surface area contributed by atoms with Crippen molar-refractivity contribution >= 4 is 31.2 Å². The average Bonchev–Trinajstić information content (AvgIpc) is 2.35. The number of hydrogen-bond donors (Lipinski definition) is 0. The first-order valence-corrected chi connectivity index (χ1v) is 18.2. The number of carbonyl (C=O) groups is 1. The molecule has 0 rings (SSSR count). The molecule has 0 radical (unpaired) electrons. The zero-order valence-electron chi connectivity index (χ0n) is 18.0. The molecule has 0 saturated heterocycles. The van der Waals surface area contributed by atoms with Crippen LogP contribution >= 0.6 is 0 Å². The molecule has 0 amide bonds.